The highest BCUT2D eigenvalue weighted by atomic mass is 19.1. The predicted octanol–water partition coefficient (Wildman–Crippen LogP) is 1.42. The van der Waals surface area contributed by atoms with Crippen LogP contribution in [-0.4, -0.2) is 62.7 Å². The second-order valence-corrected chi connectivity index (χ2v) is 8.19. The molecule has 1 aromatic carbocycles. The van der Waals surface area contributed by atoms with E-state index in [0.717, 1.165) is 5.56 Å². The number of aromatic hydroxyl groups is 1. The number of hydrogen-bond donors (Lipinski definition) is 3. The number of benzene rings is 1. The number of pyridine rings is 2. The summed E-state index contributed by atoms with van der Waals surface area (Å²) < 4.78 is 14.5. The normalized spacial score (nSPS) is 11.9. The molecule has 180 valence electrons. The first-order valence-electron chi connectivity index (χ1n) is 10.7. The first kappa shape index (κ1) is 24.8. The number of carbonyl (C=O) groups excluding carboxylic acids is 2. The second-order valence-electron chi connectivity index (χ2n) is 8.19. The van der Waals surface area contributed by atoms with Crippen LogP contribution in [0, 0.1) is 5.82 Å². The topological polar surface area (TPSA) is 125 Å². The molecule has 2 heterocycles. The Kier molecular flexibility index (Phi) is 7.62. The molecule has 0 aliphatic heterocycles. The molecule has 0 aliphatic rings. The molecule has 3 aromatic rings. The van der Waals surface area contributed by atoms with Crippen molar-refractivity contribution in [1.82, 2.24) is 19.8 Å². The van der Waals surface area contributed by atoms with E-state index in [1.807, 2.05) is 0 Å². The Balaban J connectivity index is 2.11. The van der Waals surface area contributed by atoms with E-state index < -0.39 is 28.9 Å². The van der Waals surface area contributed by atoms with Gasteiger partial charge in [0.2, 0.25) is 5.91 Å². The third kappa shape index (κ3) is 5.57. The van der Waals surface area contributed by atoms with Crippen LogP contribution >= 0.6 is 0 Å². The van der Waals surface area contributed by atoms with Gasteiger partial charge in [-0.3, -0.25) is 19.4 Å². The molecule has 0 radical (unpaired) electrons. The van der Waals surface area contributed by atoms with Gasteiger partial charge in [-0.15, -0.1) is 0 Å². The van der Waals surface area contributed by atoms with Crippen molar-refractivity contribution in [2.75, 3.05) is 20.1 Å². The lowest BCUT2D eigenvalue weighted by Crippen LogP contribution is -2.38. The van der Waals surface area contributed by atoms with Crippen LogP contribution in [0.1, 0.15) is 35.3 Å². The van der Waals surface area contributed by atoms with Crippen LogP contribution in [0.15, 0.2) is 41.3 Å². The third-order valence-corrected chi connectivity index (χ3v) is 5.44. The first-order valence-corrected chi connectivity index (χ1v) is 10.7. The van der Waals surface area contributed by atoms with Crippen LogP contribution in [0.3, 0.4) is 0 Å². The van der Waals surface area contributed by atoms with Gasteiger partial charge in [0.1, 0.15) is 16.9 Å². The molecular formula is C24H27FN4O5. The van der Waals surface area contributed by atoms with Crippen molar-refractivity contribution >= 4 is 22.8 Å². The van der Waals surface area contributed by atoms with Gasteiger partial charge in [-0.25, -0.2) is 4.39 Å². The lowest BCUT2D eigenvalue weighted by molar-refractivity contribution is -0.127. The summed E-state index contributed by atoms with van der Waals surface area (Å²) in [6.45, 7) is 3.01. The van der Waals surface area contributed by atoms with Crippen molar-refractivity contribution in [2.45, 2.75) is 32.9 Å². The average Bonchev–Trinajstić information content (AvgIpc) is 2.78. The highest BCUT2D eigenvalue weighted by molar-refractivity contribution is 6.01. The van der Waals surface area contributed by atoms with Gasteiger partial charge in [0, 0.05) is 39.8 Å². The maximum atomic E-state index is 13.3. The zero-order valence-corrected chi connectivity index (χ0v) is 19.2. The molecule has 0 saturated carbocycles. The Hall–Kier alpha value is -3.79. The van der Waals surface area contributed by atoms with Gasteiger partial charge in [-0.1, -0.05) is 12.1 Å². The number of hydrogen-bond acceptors (Lipinski definition) is 6. The lowest BCUT2D eigenvalue weighted by atomic mass is 10.1. The molecule has 0 bridgehead atoms. The van der Waals surface area contributed by atoms with E-state index in [-0.39, 0.29) is 36.9 Å². The van der Waals surface area contributed by atoms with E-state index in [1.165, 1.54) is 41.6 Å². The van der Waals surface area contributed by atoms with E-state index in [4.69, 9.17) is 0 Å². The molecule has 9 nitrogen and oxygen atoms in total. The number of halogens is 1. The van der Waals surface area contributed by atoms with Crippen molar-refractivity contribution in [2.24, 2.45) is 0 Å². The van der Waals surface area contributed by atoms with E-state index in [9.17, 15) is 29.0 Å². The van der Waals surface area contributed by atoms with Gasteiger partial charge in [-0.2, -0.15) is 0 Å². The number of carbonyl (C=O) groups is 2. The van der Waals surface area contributed by atoms with Crippen molar-refractivity contribution in [1.29, 1.82) is 0 Å². The SMILES string of the molecule is CC(=O)N(C)CCn1c(=O)c(C(=O)NC[C@@H](C)O)c(O)c2ncc(Cc3ccc(F)cc3)cc21. The Morgan fingerprint density at radius 3 is 2.53 bits per heavy atom. The van der Waals surface area contributed by atoms with Crippen molar-refractivity contribution < 1.29 is 24.2 Å². The summed E-state index contributed by atoms with van der Waals surface area (Å²) in [6.07, 6.45) is 1.08. The van der Waals surface area contributed by atoms with E-state index in [1.54, 1.807) is 25.2 Å². The van der Waals surface area contributed by atoms with Crippen LogP contribution in [0.2, 0.25) is 0 Å². The number of amides is 2. The van der Waals surface area contributed by atoms with Gasteiger partial charge in [0.25, 0.3) is 11.5 Å². The number of nitrogens with one attached hydrogen (secondary N) is 1. The summed E-state index contributed by atoms with van der Waals surface area (Å²) in [7, 11) is 1.59. The van der Waals surface area contributed by atoms with Crippen LogP contribution in [-0.2, 0) is 17.8 Å². The Morgan fingerprint density at radius 1 is 1.24 bits per heavy atom. The van der Waals surface area contributed by atoms with Crippen LogP contribution in [0.4, 0.5) is 4.39 Å². The van der Waals surface area contributed by atoms with E-state index in [0.29, 0.717) is 17.5 Å². The molecule has 0 fully saturated rings. The van der Waals surface area contributed by atoms with Gasteiger partial charge < -0.3 is 25.0 Å². The quantitative estimate of drug-likeness (QED) is 0.457. The number of rotatable bonds is 8. The van der Waals surface area contributed by atoms with Gasteiger partial charge in [0.15, 0.2) is 5.75 Å². The number of nitrogens with zero attached hydrogens (tertiary/aromatic N) is 3. The fourth-order valence-electron chi connectivity index (χ4n) is 3.44. The number of fused-ring (bicyclic) bond motifs is 1. The highest BCUT2D eigenvalue weighted by Crippen LogP contribution is 2.26. The van der Waals surface area contributed by atoms with Gasteiger partial charge in [-0.05, 0) is 42.7 Å². The van der Waals surface area contributed by atoms with E-state index >= 15 is 0 Å². The van der Waals surface area contributed by atoms with Crippen molar-refractivity contribution in [3.05, 3.63) is 69.4 Å². The maximum Gasteiger partial charge on any atom is 0.267 e. The summed E-state index contributed by atoms with van der Waals surface area (Å²) in [5.41, 5.74) is 0.647. The van der Waals surface area contributed by atoms with Crippen LogP contribution in [0.25, 0.3) is 11.0 Å². The zero-order valence-electron chi connectivity index (χ0n) is 19.2. The predicted molar refractivity (Wildman–Crippen MR) is 124 cm³/mol. The molecule has 2 amide bonds. The standard InChI is InChI=1S/C24H27FN4O5/c1-14(30)12-27-23(33)20-22(32)21-19(29(24(20)34)9-8-28(3)15(2)31)11-17(13-26-21)10-16-4-6-18(25)7-5-16/h4-7,11,13-14,30,32H,8-10,12H2,1-3H3,(H,27,33)/t14-/m1/s1. The minimum Gasteiger partial charge on any atom is -0.505 e. The second kappa shape index (κ2) is 10.4. The van der Waals surface area contributed by atoms with E-state index in [2.05, 4.69) is 10.3 Å². The molecule has 0 spiro atoms. The Morgan fingerprint density at radius 2 is 1.91 bits per heavy atom. The molecule has 3 N–H and O–H groups in total. The van der Waals surface area contributed by atoms with Crippen LogP contribution < -0.4 is 10.9 Å². The summed E-state index contributed by atoms with van der Waals surface area (Å²) in [4.78, 5) is 43.3. The number of aliphatic hydroxyl groups is 1. The molecule has 34 heavy (non-hydrogen) atoms. The molecule has 10 heteroatoms. The summed E-state index contributed by atoms with van der Waals surface area (Å²) in [6, 6.07) is 7.66. The fraction of sp³-hybridized carbons (Fsp3) is 0.333. The first-order chi connectivity index (χ1) is 16.1. The number of aliphatic hydroxyl groups excluding tert-OH is 1. The average molecular weight is 471 g/mol. The molecular weight excluding hydrogens is 443 g/mol. The van der Waals surface area contributed by atoms with Crippen molar-refractivity contribution in [3.63, 3.8) is 0 Å². The summed E-state index contributed by atoms with van der Waals surface area (Å²) >= 11 is 0. The highest BCUT2D eigenvalue weighted by Gasteiger charge is 2.24. The monoisotopic (exact) mass is 470 g/mol. The fourth-order valence-corrected chi connectivity index (χ4v) is 3.44. The minimum atomic E-state index is -0.842. The van der Waals surface area contributed by atoms with Gasteiger partial charge >= 0.3 is 0 Å². The lowest BCUT2D eigenvalue weighted by Gasteiger charge is -2.19. The Bertz CT molecular complexity index is 1270. The molecule has 3 rings (SSSR count). The molecule has 0 saturated heterocycles. The van der Waals surface area contributed by atoms with Gasteiger partial charge in [0.05, 0.1) is 11.6 Å². The molecule has 1 atom stereocenters. The number of likely N-dealkylation sites (N-methyl/N-ethyl adjacent to an activating group) is 1. The minimum absolute atomic E-state index is 0.0510. The molecule has 0 unspecified atom stereocenters. The molecule has 2 aromatic heterocycles. The zero-order chi connectivity index (χ0) is 25.0. The Labute approximate surface area is 195 Å². The van der Waals surface area contributed by atoms with Crippen LogP contribution in [0.5, 0.6) is 5.75 Å². The molecule has 0 aliphatic carbocycles. The van der Waals surface area contributed by atoms with Crippen molar-refractivity contribution in [3.8, 4) is 5.75 Å². The third-order valence-electron chi connectivity index (χ3n) is 5.44. The summed E-state index contributed by atoms with van der Waals surface area (Å²) in [5, 5.41) is 22.6. The maximum absolute atomic E-state index is 13.3. The summed E-state index contributed by atoms with van der Waals surface area (Å²) in [5.74, 6) is -1.94. The smallest absolute Gasteiger partial charge is 0.267 e. The largest absolute Gasteiger partial charge is 0.505 e. The number of aromatic nitrogens is 2.